The molecule has 2 unspecified atom stereocenters. The van der Waals surface area contributed by atoms with E-state index in [1.165, 1.54) is 22.5 Å². The van der Waals surface area contributed by atoms with Gasteiger partial charge >= 0.3 is 6.36 Å². The Bertz CT molecular complexity index is 1440. The van der Waals surface area contributed by atoms with Crippen LogP contribution >= 0.6 is 0 Å². The summed E-state index contributed by atoms with van der Waals surface area (Å²) in [4.78, 5) is 1.96. The van der Waals surface area contributed by atoms with Gasteiger partial charge in [-0.25, -0.2) is 13.5 Å². The van der Waals surface area contributed by atoms with Crippen LogP contribution in [0.4, 0.5) is 18.9 Å². The summed E-state index contributed by atoms with van der Waals surface area (Å²) in [5.41, 5.74) is 2.63. The van der Waals surface area contributed by atoms with Crippen molar-refractivity contribution in [1.82, 2.24) is 24.9 Å². The van der Waals surface area contributed by atoms with Crippen molar-refractivity contribution in [3.05, 3.63) is 77.6 Å². The maximum absolute atomic E-state index is 14.1. The molecule has 3 aromatic rings. The maximum atomic E-state index is 14.1. The molecule has 0 saturated carbocycles. The topological polar surface area (TPSA) is 104 Å². The Morgan fingerprint density at radius 2 is 1.90 bits per heavy atom. The Kier molecular flexibility index (Phi) is 6.91. The largest absolute Gasteiger partial charge is 0.573 e. The van der Waals surface area contributed by atoms with E-state index in [1.807, 2.05) is 36.9 Å². The van der Waals surface area contributed by atoms with Crippen LogP contribution in [0.1, 0.15) is 47.5 Å². The molecule has 0 amide bonds. The highest BCUT2D eigenvalue weighted by Gasteiger charge is 2.45. The number of aromatic nitrogens is 4. The first-order valence-corrected chi connectivity index (χ1v) is 14.0. The number of benzene rings is 2. The molecule has 2 aromatic carbocycles. The number of anilines is 1. The van der Waals surface area contributed by atoms with E-state index >= 15 is 0 Å². The van der Waals surface area contributed by atoms with Gasteiger partial charge in [0.1, 0.15) is 11.0 Å². The lowest BCUT2D eigenvalue weighted by Crippen LogP contribution is -2.61. The van der Waals surface area contributed by atoms with Gasteiger partial charge in [-0.2, -0.15) is 4.31 Å². The lowest BCUT2D eigenvalue weighted by atomic mass is 10.00. The van der Waals surface area contributed by atoms with E-state index in [2.05, 4.69) is 31.9 Å². The molecule has 1 aliphatic heterocycles. The van der Waals surface area contributed by atoms with E-state index in [0.717, 1.165) is 11.1 Å². The van der Waals surface area contributed by atoms with Gasteiger partial charge in [-0.05, 0) is 78.1 Å². The Morgan fingerprint density at radius 3 is 2.51 bits per heavy atom. The number of ether oxygens (including phenoxy) is 1. The summed E-state index contributed by atoms with van der Waals surface area (Å²) in [6.45, 7) is 8.52. The van der Waals surface area contributed by atoms with Crippen LogP contribution in [0.25, 0.3) is 0 Å². The smallest absolute Gasteiger partial charge is 0.406 e. The first kappa shape index (κ1) is 27.1. The number of nitrogens with one attached hydrogen (secondary N) is 1. The molecule has 1 aromatic heterocycles. The first-order valence-electron chi connectivity index (χ1n) is 12.5. The number of aromatic amines is 1. The first-order chi connectivity index (χ1) is 18.4. The molecule has 208 valence electrons. The second-order valence-corrected chi connectivity index (χ2v) is 12.4. The second-order valence-electron chi connectivity index (χ2n) is 10.4. The number of fused-ring (bicyclic) bond motifs is 1. The molecule has 2 heterocycles. The van der Waals surface area contributed by atoms with Crippen molar-refractivity contribution in [2.75, 3.05) is 24.5 Å². The van der Waals surface area contributed by atoms with Crippen LogP contribution in [0.2, 0.25) is 0 Å². The summed E-state index contributed by atoms with van der Waals surface area (Å²) in [6.07, 6.45) is -1.96. The van der Waals surface area contributed by atoms with Crippen molar-refractivity contribution in [3.63, 3.8) is 0 Å². The van der Waals surface area contributed by atoms with Crippen LogP contribution < -0.4 is 9.64 Å². The third-order valence-corrected chi connectivity index (χ3v) is 9.76. The SMILES string of the molecule is C=CC(c1cccc2c1CC(c1nnn[nH]1)C2)S(=O)(=O)N1CCN(c2ccc(OC(F)(F)F)cc2)CC1(C)C. The van der Waals surface area contributed by atoms with Crippen LogP contribution in [-0.2, 0) is 22.9 Å². The Morgan fingerprint density at radius 1 is 1.15 bits per heavy atom. The number of alkyl halides is 3. The molecule has 5 rings (SSSR count). The number of piperazine rings is 1. The number of tetrazole rings is 1. The maximum Gasteiger partial charge on any atom is 0.573 e. The molecule has 0 spiro atoms. The third kappa shape index (κ3) is 5.37. The molecule has 39 heavy (non-hydrogen) atoms. The number of H-pyrrole nitrogens is 1. The highest BCUT2D eigenvalue weighted by Crippen LogP contribution is 2.41. The number of hydrogen-bond donors (Lipinski definition) is 1. The molecular weight excluding hydrogens is 533 g/mol. The molecular formula is C26H29F3N6O3S. The Balaban J connectivity index is 1.36. The summed E-state index contributed by atoms with van der Waals surface area (Å²) in [5.74, 6) is 0.403. The van der Waals surface area contributed by atoms with Crippen LogP contribution in [0, 0.1) is 0 Å². The molecule has 0 bridgehead atoms. The normalized spacial score (nSPS) is 20.4. The van der Waals surface area contributed by atoms with Crippen molar-refractivity contribution < 1.29 is 26.3 Å². The molecule has 1 fully saturated rings. The van der Waals surface area contributed by atoms with Crippen molar-refractivity contribution in [2.45, 2.75) is 49.8 Å². The summed E-state index contributed by atoms with van der Waals surface area (Å²) in [5, 5.41) is 13.3. The predicted octanol–water partition coefficient (Wildman–Crippen LogP) is 4.14. The van der Waals surface area contributed by atoms with Crippen molar-refractivity contribution in [3.8, 4) is 5.75 Å². The van der Waals surface area contributed by atoms with Crippen LogP contribution in [0.5, 0.6) is 5.75 Å². The highest BCUT2D eigenvalue weighted by molar-refractivity contribution is 7.89. The number of rotatable bonds is 7. The van der Waals surface area contributed by atoms with Crippen molar-refractivity contribution in [1.29, 1.82) is 0 Å². The standard InChI is InChI=1S/C26H29F3N6O3S/c1-4-23(21-7-5-6-17-14-18(15-22(17)21)24-30-32-33-31-24)39(36,37)35-13-12-34(16-25(35,2)3)19-8-10-20(11-9-19)38-26(27,28)29/h4-11,18,23H,1,12-16H2,2-3H3,(H,30,31,32,33). The molecule has 2 atom stereocenters. The fourth-order valence-electron chi connectivity index (χ4n) is 5.71. The van der Waals surface area contributed by atoms with Gasteiger partial charge in [-0.15, -0.1) is 24.8 Å². The van der Waals surface area contributed by atoms with E-state index in [-0.39, 0.29) is 18.2 Å². The Hall–Kier alpha value is -3.45. The summed E-state index contributed by atoms with van der Waals surface area (Å²) < 4.78 is 71.3. The van der Waals surface area contributed by atoms with Gasteiger partial charge in [0, 0.05) is 36.8 Å². The minimum atomic E-state index is -4.77. The highest BCUT2D eigenvalue weighted by atomic mass is 32.2. The number of nitrogens with zero attached hydrogens (tertiary/aromatic N) is 5. The zero-order valence-corrected chi connectivity index (χ0v) is 22.3. The summed E-state index contributed by atoms with van der Waals surface area (Å²) >= 11 is 0. The van der Waals surface area contributed by atoms with Gasteiger partial charge in [0.05, 0.1) is 0 Å². The quantitative estimate of drug-likeness (QED) is 0.432. The van der Waals surface area contributed by atoms with Crippen LogP contribution in [0.15, 0.2) is 55.1 Å². The number of hydrogen-bond acceptors (Lipinski definition) is 7. The lowest BCUT2D eigenvalue weighted by Gasteiger charge is -2.47. The van der Waals surface area contributed by atoms with E-state index in [0.29, 0.717) is 43.0 Å². The molecule has 1 aliphatic carbocycles. The average Bonchev–Trinajstić information content (AvgIpc) is 3.53. The van der Waals surface area contributed by atoms with Crippen LogP contribution in [0.3, 0.4) is 0 Å². The second kappa shape index (κ2) is 9.94. The van der Waals surface area contributed by atoms with E-state index in [1.54, 1.807) is 12.1 Å². The van der Waals surface area contributed by atoms with Crippen molar-refractivity contribution >= 4 is 15.7 Å². The fraction of sp³-hybridized carbons (Fsp3) is 0.423. The molecule has 2 aliphatic rings. The van der Waals surface area contributed by atoms with Crippen LogP contribution in [-0.4, -0.2) is 64.9 Å². The van der Waals surface area contributed by atoms with Gasteiger partial charge < -0.3 is 9.64 Å². The van der Waals surface area contributed by atoms with E-state index in [4.69, 9.17) is 0 Å². The van der Waals surface area contributed by atoms with E-state index in [9.17, 15) is 21.6 Å². The Labute approximate surface area is 224 Å². The average molecular weight is 563 g/mol. The van der Waals surface area contributed by atoms with Gasteiger partial charge in [-0.1, -0.05) is 24.3 Å². The summed E-state index contributed by atoms with van der Waals surface area (Å²) in [6, 6.07) is 11.3. The zero-order valence-electron chi connectivity index (χ0n) is 21.5. The zero-order chi connectivity index (χ0) is 28.0. The van der Waals surface area contributed by atoms with Gasteiger partial charge in [0.2, 0.25) is 10.0 Å². The summed E-state index contributed by atoms with van der Waals surface area (Å²) in [7, 11) is -3.86. The monoisotopic (exact) mass is 562 g/mol. The molecule has 0 radical (unpaired) electrons. The molecule has 9 nitrogen and oxygen atoms in total. The number of sulfonamides is 1. The van der Waals surface area contributed by atoms with Gasteiger partial charge in [0.15, 0.2) is 5.82 Å². The lowest BCUT2D eigenvalue weighted by molar-refractivity contribution is -0.274. The van der Waals surface area contributed by atoms with Gasteiger partial charge in [-0.3, -0.25) is 0 Å². The molecule has 1 saturated heterocycles. The molecule has 1 N–H and O–H groups in total. The fourth-order valence-corrected chi connectivity index (χ4v) is 7.86. The molecule has 13 heteroatoms. The van der Waals surface area contributed by atoms with E-state index < -0.39 is 27.2 Å². The number of halogens is 3. The minimum Gasteiger partial charge on any atom is -0.406 e. The minimum absolute atomic E-state index is 0.0391. The van der Waals surface area contributed by atoms with Gasteiger partial charge in [0.25, 0.3) is 0 Å². The van der Waals surface area contributed by atoms with Crippen molar-refractivity contribution in [2.24, 2.45) is 0 Å². The predicted molar refractivity (Wildman–Crippen MR) is 139 cm³/mol. The third-order valence-electron chi connectivity index (χ3n) is 7.38.